The highest BCUT2D eigenvalue weighted by atomic mass is 35.5. The first-order chi connectivity index (χ1) is 12.6. The number of amides is 1. The standard InChI is InChI=1S/C21H21ClN2O2/c1-15(25)24-18-9-8-16(20(22)13-18)10-12-26-21-7-3-2-6-19(21)17-5-4-11-23-14-17/h2-3,6-9,11,13-14H,4-5,10,12H2,1H3,(H,24,25). The van der Waals surface area contributed by atoms with Gasteiger partial charge in [-0.3, -0.25) is 9.79 Å². The molecule has 0 saturated heterocycles. The summed E-state index contributed by atoms with van der Waals surface area (Å²) in [6, 6.07) is 13.6. The summed E-state index contributed by atoms with van der Waals surface area (Å²) < 4.78 is 6.02. The van der Waals surface area contributed by atoms with Gasteiger partial charge in [-0.2, -0.15) is 0 Å². The fourth-order valence-corrected chi connectivity index (χ4v) is 3.14. The van der Waals surface area contributed by atoms with Gasteiger partial charge in [-0.15, -0.1) is 0 Å². The molecule has 3 rings (SSSR count). The molecule has 0 fully saturated rings. The third-order valence-electron chi connectivity index (χ3n) is 4.11. The predicted octanol–water partition coefficient (Wildman–Crippen LogP) is 5.13. The number of nitrogens with zero attached hydrogens (tertiary/aromatic N) is 1. The van der Waals surface area contributed by atoms with Crippen LogP contribution in [0.4, 0.5) is 5.69 Å². The van der Waals surface area contributed by atoms with Gasteiger partial charge in [-0.1, -0.05) is 35.9 Å². The van der Waals surface area contributed by atoms with Crippen LogP contribution >= 0.6 is 11.6 Å². The molecular formula is C21H21ClN2O2. The molecule has 0 aliphatic carbocycles. The van der Waals surface area contributed by atoms with Crippen LogP contribution < -0.4 is 10.1 Å². The molecular weight excluding hydrogens is 348 g/mol. The lowest BCUT2D eigenvalue weighted by molar-refractivity contribution is -0.114. The number of aliphatic imine (C=N–C) groups is 1. The lowest BCUT2D eigenvalue weighted by atomic mass is 10.0. The molecule has 5 heteroatoms. The minimum atomic E-state index is -0.116. The third-order valence-corrected chi connectivity index (χ3v) is 4.47. The lowest BCUT2D eigenvalue weighted by Gasteiger charge is -2.15. The lowest BCUT2D eigenvalue weighted by Crippen LogP contribution is -2.07. The molecule has 0 spiro atoms. The minimum Gasteiger partial charge on any atom is -0.493 e. The highest BCUT2D eigenvalue weighted by Crippen LogP contribution is 2.30. The van der Waals surface area contributed by atoms with Crippen molar-refractivity contribution in [2.45, 2.75) is 26.2 Å². The van der Waals surface area contributed by atoms with Crippen molar-refractivity contribution in [3.8, 4) is 5.75 Å². The Bertz CT molecular complexity index is 859. The first-order valence-electron chi connectivity index (χ1n) is 8.62. The predicted molar refractivity (Wildman–Crippen MR) is 107 cm³/mol. The Morgan fingerprint density at radius 3 is 2.85 bits per heavy atom. The van der Waals surface area contributed by atoms with Crippen LogP contribution in [0.3, 0.4) is 0 Å². The van der Waals surface area contributed by atoms with Gasteiger partial charge in [0.05, 0.1) is 6.61 Å². The zero-order valence-corrected chi connectivity index (χ0v) is 15.4. The molecule has 0 aromatic heterocycles. The second-order valence-corrected chi connectivity index (χ2v) is 6.51. The van der Waals surface area contributed by atoms with Crippen LogP contribution in [0, 0.1) is 0 Å². The number of para-hydroxylation sites is 1. The van der Waals surface area contributed by atoms with E-state index < -0.39 is 0 Å². The first kappa shape index (κ1) is 18.2. The van der Waals surface area contributed by atoms with Gasteiger partial charge in [-0.25, -0.2) is 0 Å². The summed E-state index contributed by atoms with van der Waals surface area (Å²) in [7, 11) is 0. The van der Waals surface area contributed by atoms with Crippen molar-refractivity contribution < 1.29 is 9.53 Å². The summed E-state index contributed by atoms with van der Waals surface area (Å²) in [5.74, 6) is 0.747. The van der Waals surface area contributed by atoms with Crippen LogP contribution in [0.2, 0.25) is 5.02 Å². The van der Waals surface area contributed by atoms with E-state index in [1.807, 2.05) is 42.7 Å². The fraction of sp³-hybridized carbons (Fsp3) is 0.238. The number of allylic oxidation sites excluding steroid dienone is 1. The second kappa shape index (κ2) is 8.68. The van der Waals surface area contributed by atoms with E-state index in [1.165, 1.54) is 12.5 Å². The average Bonchev–Trinajstić information content (AvgIpc) is 2.64. The number of anilines is 1. The maximum Gasteiger partial charge on any atom is 0.221 e. The molecule has 1 amide bonds. The monoisotopic (exact) mass is 368 g/mol. The smallest absolute Gasteiger partial charge is 0.221 e. The molecule has 0 radical (unpaired) electrons. The molecule has 26 heavy (non-hydrogen) atoms. The third kappa shape index (κ3) is 4.73. The van der Waals surface area contributed by atoms with E-state index >= 15 is 0 Å². The van der Waals surface area contributed by atoms with Crippen molar-refractivity contribution in [3.05, 3.63) is 64.8 Å². The van der Waals surface area contributed by atoms with E-state index in [0.717, 1.165) is 29.7 Å². The number of carbonyl (C=O) groups excluding carboxylic acids is 1. The van der Waals surface area contributed by atoms with Gasteiger partial charge in [0.1, 0.15) is 5.75 Å². The van der Waals surface area contributed by atoms with Crippen LogP contribution in [0.5, 0.6) is 5.75 Å². The van der Waals surface area contributed by atoms with Gasteiger partial charge in [-0.05, 0) is 42.2 Å². The van der Waals surface area contributed by atoms with Crippen molar-refractivity contribution in [1.82, 2.24) is 0 Å². The minimum absolute atomic E-state index is 0.116. The van der Waals surface area contributed by atoms with Gasteiger partial charge in [0.25, 0.3) is 0 Å². The zero-order chi connectivity index (χ0) is 18.4. The molecule has 0 bridgehead atoms. The molecule has 1 N–H and O–H groups in total. The van der Waals surface area contributed by atoms with E-state index in [4.69, 9.17) is 16.3 Å². The summed E-state index contributed by atoms with van der Waals surface area (Å²) in [6.07, 6.45) is 6.45. The van der Waals surface area contributed by atoms with E-state index in [0.29, 0.717) is 23.7 Å². The van der Waals surface area contributed by atoms with Crippen molar-refractivity contribution in [2.75, 3.05) is 11.9 Å². The highest BCUT2D eigenvalue weighted by Gasteiger charge is 2.10. The summed E-state index contributed by atoms with van der Waals surface area (Å²) in [5, 5.41) is 3.35. The molecule has 2 aromatic carbocycles. The van der Waals surface area contributed by atoms with Gasteiger partial charge in [0, 0.05) is 42.0 Å². The Balaban J connectivity index is 1.65. The number of rotatable bonds is 6. The average molecular weight is 369 g/mol. The van der Waals surface area contributed by atoms with E-state index in [2.05, 4.69) is 16.4 Å². The van der Waals surface area contributed by atoms with E-state index in [-0.39, 0.29) is 5.91 Å². The number of ether oxygens (including phenoxy) is 1. The number of nitrogens with one attached hydrogen (secondary N) is 1. The normalized spacial score (nSPS) is 13.2. The number of carbonyl (C=O) groups is 1. The largest absolute Gasteiger partial charge is 0.493 e. The SMILES string of the molecule is CC(=O)Nc1ccc(CCOc2ccccc2C2=CN=CCC2)c(Cl)c1. The van der Waals surface area contributed by atoms with E-state index in [9.17, 15) is 4.79 Å². The number of hydrogen-bond donors (Lipinski definition) is 1. The van der Waals surface area contributed by atoms with Crippen LogP contribution in [-0.2, 0) is 11.2 Å². The number of hydrogen-bond acceptors (Lipinski definition) is 3. The van der Waals surface area contributed by atoms with Gasteiger partial charge >= 0.3 is 0 Å². The van der Waals surface area contributed by atoms with Crippen LogP contribution in [-0.4, -0.2) is 18.7 Å². The Kier molecular flexibility index (Phi) is 6.08. The summed E-state index contributed by atoms with van der Waals surface area (Å²) >= 11 is 6.32. The first-order valence-corrected chi connectivity index (χ1v) is 9.00. The number of halogens is 1. The topological polar surface area (TPSA) is 50.7 Å². The van der Waals surface area contributed by atoms with Crippen molar-refractivity contribution in [1.29, 1.82) is 0 Å². The van der Waals surface area contributed by atoms with Gasteiger partial charge in [0.15, 0.2) is 0 Å². The Labute approximate surface area is 158 Å². The van der Waals surface area contributed by atoms with Crippen molar-refractivity contribution in [3.63, 3.8) is 0 Å². The molecule has 0 saturated carbocycles. The molecule has 1 heterocycles. The van der Waals surface area contributed by atoms with Gasteiger partial charge < -0.3 is 10.1 Å². The molecule has 134 valence electrons. The maximum absolute atomic E-state index is 11.1. The highest BCUT2D eigenvalue weighted by molar-refractivity contribution is 6.31. The van der Waals surface area contributed by atoms with Crippen LogP contribution in [0.25, 0.3) is 5.57 Å². The van der Waals surface area contributed by atoms with Crippen molar-refractivity contribution in [2.24, 2.45) is 4.99 Å². The molecule has 0 atom stereocenters. The molecule has 4 nitrogen and oxygen atoms in total. The summed E-state index contributed by atoms with van der Waals surface area (Å²) in [6.45, 7) is 1.99. The van der Waals surface area contributed by atoms with Gasteiger partial charge in [0.2, 0.25) is 5.91 Å². The molecule has 1 aliphatic rings. The maximum atomic E-state index is 11.1. The zero-order valence-electron chi connectivity index (χ0n) is 14.7. The number of benzene rings is 2. The van der Waals surface area contributed by atoms with E-state index in [1.54, 1.807) is 6.07 Å². The second-order valence-electron chi connectivity index (χ2n) is 6.11. The quantitative estimate of drug-likeness (QED) is 0.768. The molecule has 0 unspecified atom stereocenters. The Morgan fingerprint density at radius 2 is 2.12 bits per heavy atom. The van der Waals surface area contributed by atoms with Crippen LogP contribution in [0.15, 0.2) is 53.7 Å². The molecule has 2 aromatic rings. The fourth-order valence-electron chi connectivity index (χ4n) is 2.87. The van der Waals surface area contributed by atoms with Crippen LogP contribution in [0.1, 0.15) is 30.9 Å². The Hall–Kier alpha value is -2.59. The Morgan fingerprint density at radius 1 is 1.27 bits per heavy atom. The van der Waals surface area contributed by atoms with Crippen molar-refractivity contribution >= 4 is 35.0 Å². The summed E-state index contributed by atoms with van der Waals surface area (Å²) in [5.41, 5.74) is 3.97. The molecule has 1 aliphatic heterocycles. The summed E-state index contributed by atoms with van der Waals surface area (Å²) in [4.78, 5) is 15.4.